The largest absolute Gasteiger partial charge is 0.495 e. The lowest BCUT2D eigenvalue weighted by molar-refractivity contribution is 0.0622. The number of hydrogen-bond donors (Lipinski definition) is 2. The Labute approximate surface area is 201 Å². The first-order valence-corrected chi connectivity index (χ1v) is 13.0. The zero-order valence-corrected chi connectivity index (χ0v) is 21.0. The third-order valence-corrected chi connectivity index (χ3v) is 8.22. The number of anilines is 2. The molecule has 1 aliphatic heterocycles. The highest BCUT2D eigenvalue weighted by molar-refractivity contribution is 7.86. The van der Waals surface area contributed by atoms with Crippen molar-refractivity contribution in [3.63, 3.8) is 0 Å². The Bertz CT molecular complexity index is 1130. The number of pyridine rings is 1. The fourth-order valence-corrected chi connectivity index (χ4v) is 6.12. The van der Waals surface area contributed by atoms with Crippen molar-refractivity contribution in [1.29, 1.82) is 0 Å². The number of nitrogens with zero attached hydrogens (tertiary/aromatic N) is 2. The molecule has 1 saturated heterocycles. The molecule has 1 aromatic carbocycles. The number of rotatable bonds is 8. The molecule has 0 amide bonds. The van der Waals surface area contributed by atoms with Crippen LogP contribution in [0.3, 0.4) is 0 Å². The van der Waals surface area contributed by atoms with Crippen LogP contribution in [0.15, 0.2) is 41.4 Å². The molecular formula is C24H30N4O3S2. The van der Waals surface area contributed by atoms with E-state index in [4.69, 9.17) is 14.5 Å². The van der Waals surface area contributed by atoms with Gasteiger partial charge in [-0.15, -0.1) is 0 Å². The lowest BCUT2D eigenvalue weighted by atomic mass is 9.93. The molecule has 4 rings (SSSR count). The maximum Gasteiger partial charge on any atom is 0.183 e. The van der Waals surface area contributed by atoms with E-state index in [2.05, 4.69) is 21.9 Å². The quantitative estimate of drug-likeness (QED) is 0.456. The lowest BCUT2D eigenvalue weighted by Crippen LogP contribution is -2.30. The summed E-state index contributed by atoms with van der Waals surface area (Å²) >= 11 is 1.62. The van der Waals surface area contributed by atoms with E-state index in [1.54, 1.807) is 24.6 Å². The van der Waals surface area contributed by atoms with Gasteiger partial charge in [-0.3, -0.25) is 9.71 Å². The van der Waals surface area contributed by atoms with E-state index in [1.165, 1.54) is 0 Å². The molecule has 3 aromatic rings. The van der Waals surface area contributed by atoms with Crippen molar-refractivity contribution in [2.24, 2.45) is 5.92 Å². The van der Waals surface area contributed by atoms with Gasteiger partial charge in [-0.25, -0.2) is 9.19 Å². The van der Waals surface area contributed by atoms with E-state index in [1.807, 2.05) is 44.2 Å². The standard InChI is InChI=1S/C24H30N4O3S2/c1-15(18-9-12-31-13-10-18)26-24-27-17(3)23(32-24)19-7-8-21(30-4)22(14-19)33(29)28-20-6-5-11-25-16(20)2/h5-8,11,14-15,18,28H,9-10,12-13H2,1-4H3,(H,26,27). The Morgan fingerprint density at radius 1 is 1.21 bits per heavy atom. The topological polar surface area (TPSA) is 85.4 Å². The van der Waals surface area contributed by atoms with Crippen LogP contribution in [0, 0.1) is 19.8 Å². The van der Waals surface area contributed by atoms with E-state index >= 15 is 0 Å². The zero-order chi connectivity index (χ0) is 23.4. The summed E-state index contributed by atoms with van der Waals surface area (Å²) in [7, 11) is 0.0753. The van der Waals surface area contributed by atoms with Gasteiger partial charge in [-0.05, 0) is 75.4 Å². The van der Waals surface area contributed by atoms with Gasteiger partial charge < -0.3 is 14.8 Å². The summed E-state index contributed by atoms with van der Waals surface area (Å²) < 4.78 is 27.2. The molecule has 3 heterocycles. The molecule has 1 aliphatic rings. The summed E-state index contributed by atoms with van der Waals surface area (Å²) in [6.07, 6.45) is 3.86. The maximum absolute atomic E-state index is 13.2. The van der Waals surface area contributed by atoms with E-state index in [0.717, 1.165) is 58.7 Å². The second kappa shape index (κ2) is 10.6. The summed E-state index contributed by atoms with van der Waals surface area (Å²) in [5.74, 6) is 1.16. The molecule has 0 saturated carbocycles. The highest BCUT2D eigenvalue weighted by Gasteiger charge is 2.22. The summed E-state index contributed by atoms with van der Waals surface area (Å²) in [6.45, 7) is 7.76. The molecule has 0 bridgehead atoms. The first-order chi connectivity index (χ1) is 16.0. The van der Waals surface area contributed by atoms with Crippen molar-refractivity contribution in [3.8, 4) is 16.2 Å². The Morgan fingerprint density at radius 3 is 2.73 bits per heavy atom. The Kier molecular flexibility index (Phi) is 7.62. The second-order valence-electron chi connectivity index (χ2n) is 8.19. The normalized spacial score (nSPS) is 16.2. The summed E-state index contributed by atoms with van der Waals surface area (Å²) in [6, 6.07) is 9.77. The maximum atomic E-state index is 13.2. The minimum absolute atomic E-state index is 0.332. The number of benzene rings is 1. The number of nitrogens with one attached hydrogen (secondary N) is 2. The number of thiazole rings is 1. The molecule has 2 aromatic heterocycles. The van der Waals surface area contributed by atoms with Crippen LogP contribution in [0.2, 0.25) is 0 Å². The zero-order valence-electron chi connectivity index (χ0n) is 19.4. The van der Waals surface area contributed by atoms with Crippen molar-refractivity contribution in [2.45, 2.75) is 44.6 Å². The molecule has 0 radical (unpaired) electrons. The smallest absolute Gasteiger partial charge is 0.183 e. The number of methoxy groups -OCH3 is 1. The fourth-order valence-electron chi connectivity index (χ4n) is 3.96. The molecule has 176 valence electrons. The van der Waals surface area contributed by atoms with Crippen LogP contribution in [0.1, 0.15) is 31.2 Å². The van der Waals surface area contributed by atoms with Gasteiger partial charge in [0.05, 0.1) is 29.1 Å². The molecule has 2 N–H and O–H groups in total. The molecular weight excluding hydrogens is 456 g/mol. The first-order valence-electron chi connectivity index (χ1n) is 11.1. The third-order valence-electron chi connectivity index (χ3n) is 5.96. The van der Waals surface area contributed by atoms with Crippen LogP contribution in [0.25, 0.3) is 10.4 Å². The van der Waals surface area contributed by atoms with Gasteiger partial charge >= 0.3 is 0 Å². The van der Waals surface area contributed by atoms with E-state index in [-0.39, 0.29) is 0 Å². The van der Waals surface area contributed by atoms with Crippen molar-refractivity contribution < 1.29 is 13.7 Å². The monoisotopic (exact) mass is 486 g/mol. The van der Waals surface area contributed by atoms with Gasteiger partial charge in [0.15, 0.2) is 16.1 Å². The average Bonchev–Trinajstić information content (AvgIpc) is 3.20. The molecule has 7 nitrogen and oxygen atoms in total. The highest BCUT2D eigenvalue weighted by Crippen LogP contribution is 2.37. The van der Waals surface area contributed by atoms with E-state index in [9.17, 15) is 4.21 Å². The Morgan fingerprint density at radius 2 is 2.00 bits per heavy atom. The minimum atomic E-state index is -1.51. The fraction of sp³-hybridized carbons (Fsp3) is 0.417. The van der Waals surface area contributed by atoms with Crippen molar-refractivity contribution in [3.05, 3.63) is 47.9 Å². The summed E-state index contributed by atoms with van der Waals surface area (Å²) in [5, 5.41) is 4.50. The molecule has 0 aliphatic carbocycles. The molecule has 2 atom stereocenters. The van der Waals surface area contributed by atoms with Crippen LogP contribution in [0.5, 0.6) is 5.75 Å². The molecule has 9 heteroatoms. The number of aromatic nitrogens is 2. The lowest BCUT2D eigenvalue weighted by Gasteiger charge is -2.28. The SMILES string of the molecule is COc1ccc(-c2sc(NC(C)C3CCOCC3)nc2C)cc1S(=O)Nc1cccnc1C. The summed E-state index contributed by atoms with van der Waals surface area (Å²) in [4.78, 5) is 10.7. The predicted molar refractivity (Wildman–Crippen MR) is 134 cm³/mol. The van der Waals surface area contributed by atoms with Crippen LogP contribution >= 0.6 is 11.3 Å². The summed E-state index contributed by atoms with van der Waals surface area (Å²) in [5.41, 5.74) is 3.42. The van der Waals surface area contributed by atoms with Crippen LogP contribution in [-0.4, -0.2) is 40.5 Å². The third kappa shape index (κ3) is 5.54. The molecule has 1 fully saturated rings. The van der Waals surface area contributed by atoms with Crippen LogP contribution < -0.4 is 14.8 Å². The molecule has 33 heavy (non-hydrogen) atoms. The number of hydrogen-bond acceptors (Lipinski definition) is 7. The second-order valence-corrected chi connectivity index (χ2v) is 10.4. The van der Waals surface area contributed by atoms with E-state index < -0.39 is 11.0 Å². The van der Waals surface area contributed by atoms with Gasteiger partial charge in [0.1, 0.15) is 10.6 Å². The molecule has 0 spiro atoms. The molecule has 2 unspecified atom stereocenters. The number of ether oxygens (including phenoxy) is 2. The van der Waals surface area contributed by atoms with Crippen molar-refractivity contribution >= 4 is 33.1 Å². The van der Waals surface area contributed by atoms with Crippen molar-refractivity contribution in [2.75, 3.05) is 30.4 Å². The van der Waals surface area contributed by atoms with Crippen LogP contribution in [-0.2, 0) is 15.7 Å². The van der Waals surface area contributed by atoms with Gasteiger partial charge in [0, 0.05) is 25.5 Å². The van der Waals surface area contributed by atoms with Crippen LogP contribution in [0.4, 0.5) is 10.8 Å². The Balaban J connectivity index is 1.57. The van der Waals surface area contributed by atoms with Crippen molar-refractivity contribution in [1.82, 2.24) is 9.97 Å². The van der Waals surface area contributed by atoms with E-state index in [0.29, 0.717) is 22.6 Å². The highest BCUT2D eigenvalue weighted by atomic mass is 32.2. The van der Waals surface area contributed by atoms with Gasteiger partial charge in [0.2, 0.25) is 0 Å². The number of aryl methyl sites for hydroxylation is 2. The average molecular weight is 487 g/mol. The van der Waals surface area contributed by atoms with Gasteiger partial charge in [-0.2, -0.15) is 0 Å². The van der Waals surface area contributed by atoms with Gasteiger partial charge in [-0.1, -0.05) is 11.3 Å². The predicted octanol–water partition coefficient (Wildman–Crippen LogP) is 5.19. The first kappa shape index (κ1) is 23.7. The van der Waals surface area contributed by atoms with Gasteiger partial charge in [0.25, 0.3) is 0 Å². The Hall–Kier alpha value is -2.49. The minimum Gasteiger partial charge on any atom is -0.495 e.